The summed E-state index contributed by atoms with van der Waals surface area (Å²) in [5.41, 5.74) is 7.80. The van der Waals surface area contributed by atoms with Gasteiger partial charge in [0, 0.05) is 12.1 Å². The van der Waals surface area contributed by atoms with Gasteiger partial charge in [0.25, 0.3) is 0 Å². The van der Waals surface area contributed by atoms with Crippen molar-refractivity contribution in [1.82, 2.24) is 10.6 Å². The SMILES string of the molecule is Cc1ccc(CNC(=O)CNC(=O)[C@@H](N)C(C)C)c(OCC2CC2)c1. The van der Waals surface area contributed by atoms with Crippen LogP contribution in [0, 0.1) is 18.8 Å². The largest absolute Gasteiger partial charge is 0.493 e. The Morgan fingerprint density at radius 1 is 1.28 bits per heavy atom. The first-order chi connectivity index (χ1) is 11.9. The van der Waals surface area contributed by atoms with E-state index in [9.17, 15) is 9.59 Å². The van der Waals surface area contributed by atoms with E-state index in [2.05, 4.69) is 10.6 Å². The fourth-order valence-electron chi connectivity index (χ4n) is 2.28. The summed E-state index contributed by atoms with van der Waals surface area (Å²) in [4.78, 5) is 23.7. The van der Waals surface area contributed by atoms with E-state index >= 15 is 0 Å². The lowest BCUT2D eigenvalue weighted by Crippen LogP contribution is -2.47. The molecule has 4 N–H and O–H groups in total. The first-order valence-corrected chi connectivity index (χ1v) is 8.89. The number of aryl methyl sites for hydroxylation is 1. The summed E-state index contributed by atoms with van der Waals surface area (Å²) in [7, 11) is 0. The summed E-state index contributed by atoms with van der Waals surface area (Å²) in [6, 6.07) is 5.35. The number of hydrogen-bond donors (Lipinski definition) is 3. The van der Waals surface area contributed by atoms with Crippen molar-refractivity contribution in [2.24, 2.45) is 17.6 Å². The third kappa shape index (κ3) is 6.38. The minimum Gasteiger partial charge on any atom is -0.493 e. The Bertz CT molecular complexity index is 612. The molecule has 1 saturated carbocycles. The maximum atomic E-state index is 12.0. The molecule has 1 fully saturated rings. The van der Waals surface area contributed by atoms with Gasteiger partial charge in [-0.2, -0.15) is 0 Å². The molecule has 138 valence electrons. The first-order valence-electron chi connectivity index (χ1n) is 8.89. The number of carbonyl (C=O) groups excluding carboxylic acids is 2. The molecule has 0 heterocycles. The number of nitrogens with two attached hydrogens (primary N) is 1. The highest BCUT2D eigenvalue weighted by Crippen LogP contribution is 2.30. The van der Waals surface area contributed by atoms with Crippen LogP contribution in [0.1, 0.15) is 37.8 Å². The minimum atomic E-state index is -0.604. The number of amides is 2. The van der Waals surface area contributed by atoms with Gasteiger partial charge in [0.05, 0.1) is 19.2 Å². The number of hydrogen-bond acceptors (Lipinski definition) is 4. The third-order valence-corrected chi connectivity index (χ3v) is 4.31. The predicted molar refractivity (Wildman–Crippen MR) is 97.1 cm³/mol. The summed E-state index contributed by atoms with van der Waals surface area (Å²) in [5.74, 6) is 0.954. The molecule has 1 aromatic rings. The van der Waals surface area contributed by atoms with E-state index in [0.29, 0.717) is 12.5 Å². The summed E-state index contributed by atoms with van der Waals surface area (Å²) in [5, 5.41) is 5.38. The zero-order valence-corrected chi connectivity index (χ0v) is 15.3. The van der Waals surface area contributed by atoms with Crippen molar-refractivity contribution >= 4 is 11.8 Å². The van der Waals surface area contributed by atoms with Crippen LogP contribution >= 0.6 is 0 Å². The highest BCUT2D eigenvalue weighted by molar-refractivity contribution is 5.87. The molecule has 0 spiro atoms. The molecule has 2 rings (SSSR count). The van der Waals surface area contributed by atoms with Crippen LogP contribution in [0.4, 0.5) is 0 Å². The Balaban J connectivity index is 1.81. The zero-order valence-electron chi connectivity index (χ0n) is 15.3. The van der Waals surface area contributed by atoms with Crippen molar-refractivity contribution < 1.29 is 14.3 Å². The molecule has 1 aromatic carbocycles. The molecule has 0 unspecified atom stereocenters. The number of carbonyl (C=O) groups is 2. The van der Waals surface area contributed by atoms with Gasteiger partial charge in [0.1, 0.15) is 5.75 Å². The molecule has 1 aliphatic rings. The molecule has 25 heavy (non-hydrogen) atoms. The summed E-state index contributed by atoms with van der Waals surface area (Å²) in [6.45, 7) is 6.76. The topological polar surface area (TPSA) is 93.5 Å². The lowest BCUT2D eigenvalue weighted by Gasteiger charge is -2.16. The van der Waals surface area contributed by atoms with Gasteiger partial charge >= 0.3 is 0 Å². The molecular weight excluding hydrogens is 318 g/mol. The molecule has 1 aliphatic carbocycles. The van der Waals surface area contributed by atoms with Crippen LogP contribution in [0.5, 0.6) is 5.75 Å². The lowest BCUT2D eigenvalue weighted by molar-refractivity contribution is -0.127. The van der Waals surface area contributed by atoms with Gasteiger partial charge in [-0.3, -0.25) is 9.59 Å². The van der Waals surface area contributed by atoms with Crippen LogP contribution in [0.15, 0.2) is 18.2 Å². The minimum absolute atomic E-state index is 0.0294. The second-order valence-electron chi connectivity index (χ2n) is 7.13. The molecule has 0 radical (unpaired) electrons. The smallest absolute Gasteiger partial charge is 0.239 e. The van der Waals surface area contributed by atoms with E-state index in [1.807, 2.05) is 39.0 Å². The number of rotatable bonds is 9. The molecule has 1 atom stereocenters. The van der Waals surface area contributed by atoms with Gasteiger partial charge in [-0.25, -0.2) is 0 Å². The van der Waals surface area contributed by atoms with E-state index in [1.54, 1.807) is 0 Å². The summed E-state index contributed by atoms with van der Waals surface area (Å²) >= 11 is 0. The van der Waals surface area contributed by atoms with Crippen LogP contribution in [-0.4, -0.2) is 31.0 Å². The van der Waals surface area contributed by atoms with Crippen LogP contribution < -0.4 is 21.1 Å². The molecule has 0 aromatic heterocycles. The van der Waals surface area contributed by atoms with Gasteiger partial charge in [-0.15, -0.1) is 0 Å². The highest BCUT2D eigenvalue weighted by atomic mass is 16.5. The monoisotopic (exact) mass is 347 g/mol. The van der Waals surface area contributed by atoms with Crippen molar-refractivity contribution in [3.63, 3.8) is 0 Å². The van der Waals surface area contributed by atoms with Gasteiger partial charge < -0.3 is 21.1 Å². The van der Waals surface area contributed by atoms with Gasteiger partial charge in [-0.1, -0.05) is 26.0 Å². The highest BCUT2D eigenvalue weighted by Gasteiger charge is 2.22. The molecule has 6 heteroatoms. The van der Waals surface area contributed by atoms with Crippen molar-refractivity contribution in [3.05, 3.63) is 29.3 Å². The van der Waals surface area contributed by atoms with Crippen LogP contribution in [0.2, 0.25) is 0 Å². The Hall–Kier alpha value is -2.08. The Morgan fingerprint density at radius 2 is 2.00 bits per heavy atom. The Labute approximate surface area is 149 Å². The fraction of sp³-hybridized carbons (Fsp3) is 0.579. The molecule has 6 nitrogen and oxygen atoms in total. The Kier molecular flexibility index (Phi) is 6.82. The maximum absolute atomic E-state index is 12.0. The molecule has 0 aliphatic heterocycles. The van der Waals surface area contributed by atoms with Crippen molar-refractivity contribution in [1.29, 1.82) is 0 Å². The maximum Gasteiger partial charge on any atom is 0.239 e. The average molecular weight is 347 g/mol. The van der Waals surface area contributed by atoms with E-state index in [1.165, 1.54) is 12.8 Å². The second-order valence-corrected chi connectivity index (χ2v) is 7.13. The van der Waals surface area contributed by atoms with Gasteiger partial charge in [-0.05, 0) is 43.2 Å². The van der Waals surface area contributed by atoms with Crippen LogP contribution in [0.25, 0.3) is 0 Å². The average Bonchev–Trinajstić information content (AvgIpc) is 3.40. The molecule has 2 amide bonds. The fourth-order valence-corrected chi connectivity index (χ4v) is 2.28. The van der Waals surface area contributed by atoms with E-state index in [4.69, 9.17) is 10.5 Å². The second kappa shape index (κ2) is 8.85. The third-order valence-electron chi connectivity index (χ3n) is 4.31. The van der Waals surface area contributed by atoms with E-state index in [-0.39, 0.29) is 24.3 Å². The van der Waals surface area contributed by atoms with Crippen LogP contribution in [0.3, 0.4) is 0 Å². The molecule has 0 bridgehead atoms. The zero-order chi connectivity index (χ0) is 18.4. The van der Waals surface area contributed by atoms with Gasteiger partial charge in [0.2, 0.25) is 11.8 Å². The number of benzene rings is 1. The number of ether oxygens (including phenoxy) is 1. The van der Waals surface area contributed by atoms with Crippen molar-refractivity contribution in [2.75, 3.05) is 13.2 Å². The quantitative estimate of drug-likeness (QED) is 0.631. The summed E-state index contributed by atoms with van der Waals surface area (Å²) < 4.78 is 5.89. The standard InChI is InChI=1S/C19H29N3O3/c1-12(2)18(20)19(24)22-10-17(23)21-9-15-7-4-13(3)8-16(15)25-11-14-5-6-14/h4,7-8,12,14,18H,5-6,9-11,20H2,1-3H3,(H,21,23)(H,22,24)/t18-/m0/s1. The van der Waals surface area contributed by atoms with Crippen molar-refractivity contribution in [2.45, 2.75) is 46.2 Å². The first kappa shape index (κ1) is 19.2. The summed E-state index contributed by atoms with van der Waals surface area (Å²) in [6.07, 6.45) is 2.46. The number of nitrogens with one attached hydrogen (secondary N) is 2. The molecular formula is C19H29N3O3. The van der Waals surface area contributed by atoms with Crippen molar-refractivity contribution in [3.8, 4) is 5.75 Å². The lowest BCUT2D eigenvalue weighted by atomic mass is 10.1. The normalized spacial score (nSPS) is 14.9. The Morgan fingerprint density at radius 3 is 2.64 bits per heavy atom. The van der Waals surface area contributed by atoms with Crippen LogP contribution in [-0.2, 0) is 16.1 Å². The predicted octanol–water partition coefficient (Wildman–Crippen LogP) is 1.50. The molecule has 0 saturated heterocycles. The van der Waals surface area contributed by atoms with E-state index < -0.39 is 6.04 Å². The van der Waals surface area contributed by atoms with E-state index in [0.717, 1.165) is 23.5 Å². The van der Waals surface area contributed by atoms with Gasteiger partial charge in [0.15, 0.2) is 0 Å².